The lowest BCUT2D eigenvalue weighted by molar-refractivity contribution is 0.422. The first kappa shape index (κ1) is 14.3. The van der Waals surface area contributed by atoms with Gasteiger partial charge < -0.3 is 10.3 Å². The van der Waals surface area contributed by atoms with Crippen LogP contribution >= 0.6 is 39.5 Å². The van der Waals surface area contributed by atoms with Gasteiger partial charge in [0.05, 0.1) is 16.5 Å². The van der Waals surface area contributed by atoms with Gasteiger partial charge in [0.1, 0.15) is 0 Å². The van der Waals surface area contributed by atoms with E-state index in [4.69, 9.17) is 10.3 Å². The number of benzene rings is 1. The maximum Gasteiger partial charge on any atom is 0.260 e. The van der Waals surface area contributed by atoms with Crippen molar-refractivity contribution >= 4 is 45.1 Å². The van der Waals surface area contributed by atoms with Crippen molar-refractivity contribution in [3.63, 3.8) is 0 Å². The number of para-hydroxylation sites is 1. The van der Waals surface area contributed by atoms with Crippen LogP contribution < -0.4 is 5.73 Å². The zero-order valence-electron chi connectivity index (χ0n) is 10.9. The number of nitrogen functional groups attached to an aromatic ring is 1. The molecule has 0 bridgehead atoms. The van der Waals surface area contributed by atoms with Crippen LogP contribution in [0.15, 0.2) is 27.2 Å². The van der Waals surface area contributed by atoms with Crippen LogP contribution in [-0.4, -0.2) is 26.9 Å². The van der Waals surface area contributed by atoms with E-state index in [1.54, 1.807) is 0 Å². The molecule has 1 aliphatic rings. The minimum absolute atomic E-state index is 0.291. The van der Waals surface area contributed by atoms with E-state index in [0.717, 1.165) is 21.6 Å². The third-order valence-electron chi connectivity index (χ3n) is 3.17. The van der Waals surface area contributed by atoms with Crippen LogP contribution in [0.25, 0.3) is 11.5 Å². The van der Waals surface area contributed by atoms with Gasteiger partial charge in [-0.15, -0.1) is 11.8 Å². The molecule has 2 N–H and O–H groups in total. The lowest BCUT2D eigenvalue weighted by Crippen LogP contribution is -2.16. The third kappa shape index (κ3) is 2.71. The van der Waals surface area contributed by atoms with Crippen molar-refractivity contribution in [1.82, 2.24) is 10.1 Å². The molecule has 20 heavy (non-hydrogen) atoms. The molecule has 2 heterocycles. The van der Waals surface area contributed by atoms with Crippen LogP contribution in [0.4, 0.5) is 5.69 Å². The Hall–Kier alpha value is -0.660. The molecule has 1 aromatic carbocycles. The molecule has 2 unspecified atom stereocenters. The van der Waals surface area contributed by atoms with E-state index in [2.05, 4.69) is 33.0 Å². The van der Waals surface area contributed by atoms with Crippen LogP contribution in [0, 0.1) is 0 Å². The summed E-state index contributed by atoms with van der Waals surface area (Å²) in [6.07, 6.45) is 0. The van der Waals surface area contributed by atoms with Crippen molar-refractivity contribution in [1.29, 1.82) is 0 Å². The smallest absolute Gasteiger partial charge is 0.260 e. The van der Waals surface area contributed by atoms with Crippen molar-refractivity contribution in [3.05, 3.63) is 28.5 Å². The van der Waals surface area contributed by atoms with Crippen molar-refractivity contribution in [2.75, 3.05) is 17.2 Å². The third-order valence-corrected chi connectivity index (χ3v) is 6.95. The van der Waals surface area contributed by atoms with Crippen LogP contribution in [0.5, 0.6) is 0 Å². The summed E-state index contributed by atoms with van der Waals surface area (Å²) >= 11 is 7.26. The quantitative estimate of drug-likeness (QED) is 0.805. The molecule has 0 spiro atoms. The Kier molecular flexibility index (Phi) is 4.28. The molecule has 0 amide bonds. The van der Waals surface area contributed by atoms with Crippen molar-refractivity contribution in [2.24, 2.45) is 0 Å². The van der Waals surface area contributed by atoms with Crippen molar-refractivity contribution in [3.8, 4) is 11.5 Å². The fourth-order valence-electron chi connectivity index (χ4n) is 2.10. The van der Waals surface area contributed by atoms with Gasteiger partial charge >= 0.3 is 0 Å². The maximum atomic E-state index is 6.05. The summed E-state index contributed by atoms with van der Waals surface area (Å²) in [5, 5.41) is 4.94. The topological polar surface area (TPSA) is 64.9 Å². The molecule has 7 heteroatoms. The van der Waals surface area contributed by atoms with Gasteiger partial charge in [-0.1, -0.05) is 18.1 Å². The molecule has 1 aliphatic heterocycles. The lowest BCUT2D eigenvalue weighted by atomic mass is 10.2. The molecule has 3 rings (SSSR count). The van der Waals surface area contributed by atoms with E-state index >= 15 is 0 Å². The Morgan fingerprint density at radius 3 is 2.95 bits per heavy atom. The summed E-state index contributed by atoms with van der Waals surface area (Å²) in [4.78, 5) is 4.54. The molecular formula is C13H14BrN3OS2. The van der Waals surface area contributed by atoms with Crippen LogP contribution in [-0.2, 0) is 0 Å². The van der Waals surface area contributed by atoms with Gasteiger partial charge in [-0.3, -0.25) is 0 Å². The largest absolute Gasteiger partial charge is 0.397 e. The zero-order chi connectivity index (χ0) is 14.1. The molecule has 0 radical (unpaired) electrons. The fourth-order valence-corrected chi connectivity index (χ4v) is 5.15. The number of hydrogen-bond donors (Lipinski definition) is 1. The number of aromatic nitrogens is 2. The Balaban J connectivity index is 1.92. The number of anilines is 1. The Morgan fingerprint density at radius 1 is 1.35 bits per heavy atom. The number of halogens is 1. The summed E-state index contributed by atoms with van der Waals surface area (Å²) in [6.45, 7) is 2.21. The van der Waals surface area contributed by atoms with Crippen molar-refractivity contribution < 1.29 is 4.52 Å². The summed E-state index contributed by atoms with van der Waals surface area (Å²) in [7, 11) is 0. The minimum atomic E-state index is 0.291. The van der Waals surface area contributed by atoms with Gasteiger partial charge in [0, 0.05) is 21.2 Å². The Labute approximate surface area is 134 Å². The van der Waals surface area contributed by atoms with E-state index in [0.29, 0.717) is 22.1 Å². The van der Waals surface area contributed by atoms with E-state index < -0.39 is 0 Å². The predicted octanol–water partition coefficient (Wildman–Crippen LogP) is 3.99. The van der Waals surface area contributed by atoms with Gasteiger partial charge in [-0.05, 0) is 28.1 Å². The standard InChI is InChI=1S/C13H14BrN3OS2/c1-7-11(20-6-5-19-7)12-16-13(18-17-12)8-3-2-4-9(14)10(8)15/h2-4,7,11H,5-6,15H2,1H3. The SMILES string of the molecule is CC1SCCSC1c1noc(-c2cccc(Br)c2N)n1. The highest BCUT2D eigenvalue weighted by molar-refractivity contribution is 9.10. The number of rotatable bonds is 2. The highest BCUT2D eigenvalue weighted by Crippen LogP contribution is 2.42. The second-order valence-electron chi connectivity index (χ2n) is 4.53. The second-order valence-corrected chi connectivity index (χ2v) is 8.12. The second kappa shape index (κ2) is 5.99. The summed E-state index contributed by atoms with van der Waals surface area (Å²) < 4.78 is 6.24. The highest BCUT2D eigenvalue weighted by Gasteiger charge is 2.28. The Morgan fingerprint density at radius 2 is 2.15 bits per heavy atom. The molecule has 2 aromatic rings. The number of nitrogens with zero attached hydrogens (tertiary/aromatic N) is 2. The molecule has 2 atom stereocenters. The first-order chi connectivity index (χ1) is 9.66. The average molecular weight is 372 g/mol. The van der Waals surface area contributed by atoms with E-state index in [1.165, 1.54) is 5.75 Å². The molecule has 1 aromatic heterocycles. The summed E-state index contributed by atoms with van der Waals surface area (Å²) in [6, 6.07) is 5.70. The first-order valence-electron chi connectivity index (χ1n) is 6.28. The minimum Gasteiger partial charge on any atom is -0.397 e. The summed E-state index contributed by atoms with van der Waals surface area (Å²) in [5.74, 6) is 3.57. The molecule has 1 saturated heterocycles. The van der Waals surface area contributed by atoms with E-state index in [9.17, 15) is 0 Å². The van der Waals surface area contributed by atoms with E-state index in [1.807, 2.05) is 41.7 Å². The summed E-state index contributed by atoms with van der Waals surface area (Å²) in [5.41, 5.74) is 7.45. The normalized spacial score (nSPS) is 22.9. The fraction of sp³-hybridized carbons (Fsp3) is 0.385. The predicted molar refractivity (Wildman–Crippen MR) is 89.0 cm³/mol. The van der Waals surface area contributed by atoms with E-state index in [-0.39, 0.29) is 0 Å². The molecule has 1 fully saturated rings. The first-order valence-corrected chi connectivity index (χ1v) is 9.17. The molecule has 0 saturated carbocycles. The zero-order valence-corrected chi connectivity index (χ0v) is 14.1. The van der Waals surface area contributed by atoms with Crippen LogP contribution in [0.3, 0.4) is 0 Å². The van der Waals surface area contributed by atoms with Crippen molar-refractivity contribution in [2.45, 2.75) is 17.4 Å². The molecule has 106 valence electrons. The molecule has 4 nitrogen and oxygen atoms in total. The van der Waals surface area contributed by atoms with Gasteiger partial charge in [0.25, 0.3) is 5.89 Å². The highest BCUT2D eigenvalue weighted by atomic mass is 79.9. The Bertz CT molecular complexity index is 619. The van der Waals surface area contributed by atoms with Gasteiger partial charge in [0.2, 0.25) is 0 Å². The lowest BCUT2D eigenvalue weighted by Gasteiger charge is -2.24. The number of thioether (sulfide) groups is 2. The van der Waals surface area contributed by atoms with Gasteiger partial charge in [0.15, 0.2) is 5.82 Å². The average Bonchev–Trinajstić information content (AvgIpc) is 2.92. The molecule has 0 aliphatic carbocycles. The van der Waals surface area contributed by atoms with Gasteiger partial charge in [-0.25, -0.2) is 0 Å². The monoisotopic (exact) mass is 371 g/mol. The molecular weight excluding hydrogens is 358 g/mol. The number of hydrogen-bond acceptors (Lipinski definition) is 6. The number of nitrogens with two attached hydrogens (primary N) is 1. The van der Waals surface area contributed by atoms with Crippen LogP contribution in [0.1, 0.15) is 18.0 Å². The van der Waals surface area contributed by atoms with Crippen LogP contribution in [0.2, 0.25) is 0 Å². The van der Waals surface area contributed by atoms with Gasteiger partial charge in [-0.2, -0.15) is 16.7 Å². The maximum absolute atomic E-state index is 6.05.